The molecule has 2 aromatic rings. The van der Waals surface area contributed by atoms with Gasteiger partial charge in [-0.1, -0.05) is 36.4 Å². The predicted molar refractivity (Wildman–Crippen MR) is 134 cm³/mol. The second-order valence-electron chi connectivity index (χ2n) is 8.60. The van der Waals surface area contributed by atoms with Crippen LogP contribution in [-0.4, -0.2) is 65.9 Å². The Bertz CT molecular complexity index is 910. The van der Waals surface area contributed by atoms with Crippen molar-refractivity contribution in [2.45, 2.75) is 25.8 Å². The molecule has 1 N–H and O–H groups in total. The first-order chi connectivity index (χ1) is 16.2. The lowest BCUT2D eigenvalue weighted by Gasteiger charge is -2.32. The maximum atomic E-state index is 13.0. The standard InChI is InChI=1S/C26H33N3O3S/c30-25(12-17-32-23-7-2-1-3-8-23)29-13-10-21(11-14-29)26(31)27-24-9-5-4-6-22(24)20-28-15-18-33-19-16-28/h1-9,21H,10-20H2,(H,27,31). The fourth-order valence-corrected chi connectivity index (χ4v) is 5.32. The predicted octanol–water partition coefficient (Wildman–Crippen LogP) is 3.88. The molecular formula is C26H33N3O3S. The van der Waals surface area contributed by atoms with Gasteiger partial charge in [-0.15, -0.1) is 0 Å². The van der Waals surface area contributed by atoms with Crippen molar-refractivity contribution in [3.63, 3.8) is 0 Å². The van der Waals surface area contributed by atoms with Gasteiger partial charge in [-0.2, -0.15) is 11.8 Å². The van der Waals surface area contributed by atoms with Gasteiger partial charge in [0.05, 0.1) is 13.0 Å². The smallest absolute Gasteiger partial charge is 0.227 e. The van der Waals surface area contributed by atoms with Crippen LogP contribution in [0, 0.1) is 5.92 Å². The summed E-state index contributed by atoms with van der Waals surface area (Å²) in [5.41, 5.74) is 2.08. The van der Waals surface area contributed by atoms with Crippen molar-refractivity contribution < 1.29 is 14.3 Å². The van der Waals surface area contributed by atoms with Crippen molar-refractivity contribution >= 4 is 29.3 Å². The lowest BCUT2D eigenvalue weighted by molar-refractivity contribution is -0.135. The Labute approximate surface area is 200 Å². The average molecular weight is 468 g/mol. The minimum absolute atomic E-state index is 0.0611. The maximum absolute atomic E-state index is 13.0. The first kappa shape index (κ1) is 23.6. The summed E-state index contributed by atoms with van der Waals surface area (Å²) in [5.74, 6) is 3.22. The molecule has 0 bridgehead atoms. The number of piperidine rings is 1. The number of hydrogen-bond donors (Lipinski definition) is 1. The Morgan fingerprint density at radius 3 is 2.39 bits per heavy atom. The molecule has 2 fully saturated rings. The summed E-state index contributed by atoms with van der Waals surface area (Å²) in [6.07, 6.45) is 1.75. The van der Waals surface area contributed by atoms with Gasteiger partial charge in [0.1, 0.15) is 5.75 Å². The number of amides is 2. The first-order valence-corrected chi connectivity index (χ1v) is 13.0. The van der Waals surface area contributed by atoms with Crippen LogP contribution in [-0.2, 0) is 16.1 Å². The van der Waals surface area contributed by atoms with Crippen molar-refractivity contribution in [1.29, 1.82) is 0 Å². The highest BCUT2D eigenvalue weighted by Gasteiger charge is 2.27. The van der Waals surface area contributed by atoms with Gasteiger partial charge in [0.25, 0.3) is 0 Å². The summed E-state index contributed by atoms with van der Waals surface area (Å²) >= 11 is 2.00. The number of thioether (sulfide) groups is 1. The van der Waals surface area contributed by atoms with E-state index in [9.17, 15) is 9.59 Å². The van der Waals surface area contributed by atoms with E-state index in [-0.39, 0.29) is 17.7 Å². The van der Waals surface area contributed by atoms with E-state index in [1.807, 2.05) is 65.2 Å². The second kappa shape index (κ2) is 12.1. The monoisotopic (exact) mass is 467 g/mol. The van der Waals surface area contributed by atoms with Crippen LogP contribution >= 0.6 is 11.8 Å². The molecule has 2 amide bonds. The summed E-state index contributed by atoms with van der Waals surface area (Å²) in [6, 6.07) is 17.7. The molecule has 176 valence electrons. The van der Waals surface area contributed by atoms with E-state index in [1.54, 1.807) is 0 Å². The molecule has 33 heavy (non-hydrogen) atoms. The third-order valence-electron chi connectivity index (χ3n) is 6.32. The summed E-state index contributed by atoms with van der Waals surface area (Å²) in [7, 11) is 0. The van der Waals surface area contributed by atoms with Crippen LogP contribution in [0.1, 0.15) is 24.8 Å². The molecule has 6 nitrogen and oxygen atoms in total. The largest absolute Gasteiger partial charge is 0.493 e. The molecule has 2 aliphatic rings. The fourth-order valence-electron chi connectivity index (χ4n) is 4.34. The molecule has 2 aromatic carbocycles. The van der Waals surface area contributed by atoms with Gasteiger partial charge in [0, 0.05) is 55.8 Å². The minimum Gasteiger partial charge on any atom is -0.493 e. The van der Waals surface area contributed by atoms with E-state index >= 15 is 0 Å². The van der Waals surface area contributed by atoms with Gasteiger partial charge in [0.15, 0.2) is 0 Å². The normalized spacial score (nSPS) is 17.5. The second-order valence-corrected chi connectivity index (χ2v) is 9.83. The number of carbonyl (C=O) groups excluding carboxylic acids is 2. The fraction of sp³-hybridized carbons (Fsp3) is 0.462. The average Bonchev–Trinajstić information content (AvgIpc) is 2.86. The van der Waals surface area contributed by atoms with E-state index in [1.165, 1.54) is 17.1 Å². The SMILES string of the molecule is O=C(Nc1ccccc1CN1CCSCC1)C1CCN(C(=O)CCOc2ccccc2)CC1. The molecule has 0 saturated carbocycles. The third-order valence-corrected chi connectivity index (χ3v) is 7.26. The molecule has 2 heterocycles. The zero-order chi connectivity index (χ0) is 22.9. The summed E-state index contributed by atoms with van der Waals surface area (Å²) < 4.78 is 5.64. The molecule has 0 unspecified atom stereocenters. The number of rotatable bonds is 8. The topological polar surface area (TPSA) is 61.9 Å². The number of benzene rings is 2. The summed E-state index contributed by atoms with van der Waals surface area (Å²) in [5, 5.41) is 3.17. The molecule has 0 aromatic heterocycles. The molecule has 7 heteroatoms. The van der Waals surface area contributed by atoms with Crippen LogP contribution in [0.4, 0.5) is 5.69 Å². The quantitative estimate of drug-likeness (QED) is 0.638. The van der Waals surface area contributed by atoms with E-state index in [0.717, 1.165) is 31.1 Å². The Morgan fingerprint density at radius 1 is 0.939 bits per heavy atom. The van der Waals surface area contributed by atoms with Crippen LogP contribution in [0.3, 0.4) is 0 Å². The number of para-hydroxylation sites is 2. The van der Waals surface area contributed by atoms with Crippen LogP contribution in [0.15, 0.2) is 54.6 Å². The molecule has 4 rings (SSSR count). The number of anilines is 1. The highest BCUT2D eigenvalue weighted by Crippen LogP contribution is 2.23. The highest BCUT2D eigenvalue weighted by atomic mass is 32.2. The number of carbonyl (C=O) groups is 2. The first-order valence-electron chi connectivity index (χ1n) is 11.8. The number of ether oxygens (including phenoxy) is 1. The molecule has 0 spiro atoms. The number of likely N-dealkylation sites (tertiary alicyclic amines) is 1. The molecule has 0 radical (unpaired) electrons. The van der Waals surface area contributed by atoms with E-state index < -0.39 is 0 Å². The van der Waals surface area contributed by atoms with Gasteiger partial charge >= 0.3 is 0 Å². The van der Waals surface area contributed by atoms with Gasteiger partial charge in [-0.3, -0.25) is 14.5 Å². The van der Waals surface area contributed by atoms with Crippen LogP contribution in [0.5, 0.6) is 5.75 Å². The zero-order valence-electron chi connectivity index (χ0n) is 19.1. The van der Waals surface area contributed by atoms with Crippen molar-refractivity contribution in [2.75, 3.05) is 49.6 Å². The van der Waals surface area contributed by atoms with Crippen LogP contribution in [0.25, 0.3) is 0 Å². The van der Waals surface area contributed by atoms with Gasteiger partial charge < -0.3 is 15.0 Å². The minimum atomic E-state index is -0.0611. The molecule has 2 aliphatic heterocycles. The van der Waals surface area contributed by atoms with Gasteiger partial charge in [-0.05, 0) is 36.6 Å². The highest BCUT2D eigenvalue weighted by molar-refractivity contribution is 7.99. The Kier molecular flexibility index (Phi) is 8.66. The lowest BCUT2D eigenvalue weighted by Crippen LogP contribution is -2.42. The van der Waals surface area contributed by atoms with Crippen LogP contribution < -0.4 is 10.1 Å². The van der Waals surface area contributed by atoms with Crippen molar-refractivity contribution in [2.24, 2.45) is 5.92 Å². The van der Waals surface area contributed by atoms with Crippen molar-refractivity contribution in [3.8, 4) is 5.75 Å². The van der Waals surface area contributed by atoms with Crippen molar-refractivity contribution in [1.82, 2.24) is 9.80 Å². The van der Waals surface area contributed by atoms with Crippen LogP contribution in [0.2, 0.25) is 0 Å². The Balaban J connectivity index is 1.22. The zero-order valence-corrected chi connectivity index (χ0v) is 19.9. The lowest BCUT2D eigenvalue weighted by atomic mass is 9.95. The van der Waals surface area contributed by atoms with Crippen molar-refractivity contribution in [3.05, 3.63) is 60.2 Å². The van der Waals surface area contributed by atoms with E-state index in [2.05, 4.69) is 16.3 Å². The molecule has 0 atom stereocenters. The number of hydrogen-bond acceptors (Lipinski definition) is 5. The van der Waals surface area contributed by atoms with Gasteiger partial charge in [-0.25, -0.2) is 0 Å². The molecule has 2 saturated heterocycles. The maximum Gasteiger partial charge on any atom is 0.227 e. The Morgan fingerprint density at radius 2 is 1.64 bits per heavy atom. The third kappa shape index (κ3) is 6.98. The van der Waals surface area contributed by atoms with Gasteiger partial charge in [0.2, 0.25) is 11.8 Å². The van der Waals surface area contributed by atoms with E-state index in [0.29, 0.717) is 39.0 Å². The summed E-state index contributed by atoms with van der Waals surface area (Å²) in [4.78, 5) is 29.8. The number of nitrogens with zero attached hydrogens (tertiary/aromatic N) is 2. The number of nitrogens with one attached hydrogen (secondary N) is 1. The Hall–Kier alpha value is -2.51. The molecule has 0 aliphatic carbocycles. The summed E-state index contributed by atoms with van der Waals surface area (Å²) in [6.45, 7) is 4.67. The molecular weight excluding hydrogens is 434 g/mol. The van der Waals surface area contributed by atoms with E-state index in [4.69, 9.17) is 4.74 Å².